The quantitative estimate of drug-likeness (QED) is 0.186. The summed E-state index contributed by atoms with van der Waals surface area (Å²) in [4.78, 5) is 53.0. The first-order valence-electron chi connectivity index (χ1n) is 16.3. The van der Waals surface area contributed by atoms with Gasteiger partial charge in [0.15, 0.2) is 0 Å². The molecule has 2 aromatic rings. The summed E-state index contributed by atoms with van der Waals surface area (Å²) in [6.45, 7) is 13.9. The molecule has 262 valence electrons. The van der Waals surface area contributed by atoms with Gasteiger partial charge in [-0.25, -0.2) is 9.59 Å². The molecular weight excluding hydrogens is 612 g/mol. The van der Waals surface area contributed by atoms with E-state index in [0.29, 0.717) is 89.9 Å². The molecule has 0 saturated carbocycles. The van der Waals surface area contributed by atoms with Crippen molar-refractivity contribution in [3.8, 4) is 0 Å². The van der Waals surface area contributed by atoms with Crippen molar-refractivity contribution in [3.63, 3.8) is 0 Å². The minimum Gasteiger partial charge on any atom is -0.444 e. The molecule has 1 unspecified atom stereocenters. The number of carbonyl (C=O) groups excluding carboxylic acids is 3. The lowest BCUT2D eigenvalue weighted by Gasteiger charge is -2.35. The van der Waals surface area contributed by atoms with Crippen LogP contribution in [0.4, 0.5) is 10.5 Å². The van der Waals surface area contributed by atoms with Crippen molar-refractivity contribution in [2.75, 3.05) is 97.4 Å². The number of hydrogen-bond donors (Lipinski definition) is 2. The minimum absolute atomic E-state index is 0.203. The summed E-state index contributed by atoms with van der Waals surface area (Å²) < 4.78 is 30.8. The van der Waals surface area contributed by atoms with Crippen LogP contribution in [0.1, 0.15) is 39.7 Å². The van der Waals surface area contributed by atoms with E-state index in [9.17, 15) is 19.2 Å². The number of piperazine rings is 1. The number of benzene rings is 1. The van der Waals surface area contributed by atoms with Crippen molar-refractivity contribution in [3.05, 3.63) is 28.7 Å². The Bertz CT molecular complexity index is 1390. The zero-order valence-corrected chi connectivity index (χ0v) is 28.1. The van der Waals surface area contributed by atoms with Gasteiger partial charge in [0.25, 0.3) is 0 Å². The third-order valence-corrected chi connectivity index (χ3v) is 7.88. The Kier molecular flexibility index (Phi) is 13.6. The van der Waals surface area contributed by atoms with Crippen LogP contribution < -0.4 is 16.3 Å². The van der Waals surface area contributed by atoms with Gasteiger partial charge in [0.2, 0.25) is 11.8 Å². The van der Waals surface area contributed by atoms with Crippen molar-refractivity contribution in [1.29, 1.82) is 0 Å². The lowest BCUT2D eigenvalue weighted by Crippen LogP contribution is -2.50. The van der Waals surface area contributed by atoms with Gasteiger partial charge in [-0.2, -0.15) is 0 Å². The number of anilines is 1. The molecule has 2 aliphatic heterocycles. The molecule has 0 aliphatic carbocycles. The maximum absolute atomic E-state index is 12.9. The first-order valence-corrected chi connectivity index (χ1v) is 16.3. The summed E-state index contributed by atoms with van der Waals surface area (Å²) in [6.07, 6.45) is 0.253. The van der Waals surface area contributed by atoms with E-state index < -0.39 is 17.6 Å². The second kappa shape index (κ2) is 17.6. The number of aryl methyl sites for hydroxylation is 1. The lowest BCUT2D eigenvalue weighted by atomic mass is 10.1. The molecule has 1 aromatic carbocycles. The highest BCUT2D eigenvalue weighted by molar-refractivity contribution is 6.00. The van der Waals surface area contributed by atoms with E-state index in [1.807, 2.05) is 39.0 Å². The van der Waals surface area contributed by atoms with E-state index in [-0.39, 0.29) is 24.1 Å². The fraction of sp³-hybridized carbons (Fsp3) is 0.688. The molecule has 3 heterocycles. The molecule has 0 bridgehead atoms. The normalized spacial score (nSPS) is 17.7. The van der Waals surface area contributed by atoms with Gasteiger partial charge in [-0.1, -0.05) is 0 Å². The van der Waals surface area contributed by atoms with E-state index in [0.717, 1.165) is 25.3 Å². The Morgan fingerprint density at radius 3 is 2.11 bits per heavy atom. The number of ether oxygens (including phenoxy) is 5. The molecule has 2 N–H and O–H groups in total. The number of imide groups is 1. The van der Waals surface area contributed by atoms with E-state index in [1.165, 1.54) is 9.13 Å². The number of amides is 3. The van der Waals surface area contributed by atoms with Gasteiger partial charge in [-0.15, -0.1) is 0 Å². The van der Waals surface area contributed by atoms with Gasteiger partial charge in [0.05, 0.1) is 63.9 Å². The molecule has 1 aromatic heterocycles. The SMILES string of the molecule is Cn1c(=O)n(C2CCC(=O)NC2=O)c2ccc(NCCOCCOCCOCCOCCN3CCN(C(=O)OC(C)(C)C)CC3)cc21. The summed E-state index contributed by atoms with van der Waals surface area (Å²) in [5, 5.41) is 5.61. The summed E-state index contributed by atoms with van der Waals surface area (Å²) >= 11 is 0. The molecule has 2 aliphatic rings. The molecule has 0 radical (unpaired) electrons. The summed E-state index contributed by atoms with van der Waals surface area (Å²) in [7, 11) is 1.67. The number of rotatable bonds is 17. The van der Waals surface area contributed by atoms with Crippen molar-refractivity contribution < 1.29 is 38.1 Å². The third kappa shape index (κ3) is 11.0. The van der Waals surface area contributed by atoms with Gasteiger partial charge in [-0.05, 0) is 45.4 Å². The van der Waals surface area contributed by atoms with Crippen molar-refractivity contribution >= 4 is 34.6 Å². The van der Waals surface area contributed by atoms with Crippen molar-refractivity contribution in [2.45, 2.75) is 45.3 Å². The number of hydrogen-bond acceptors (Lipinski definition) is 11. The zero-order valence-electron chi connectivity index (χ0n) is 28.1. The summed E-state index contributed by atoms with van der Waals surface area (Å²) in [5.41, 5.74) is 1.39. The highest BCUT2D eigenvalue weighted by Crippen LogP contribution is 2.25. The summed E-state index contributed by atoms with van der Waals surface area (Å²) in [5.74, 6) is -0.766. The summed E-state index contributed by atoms with van der Waals surface area (Å²) in [6, 6.07) is 4.83. The Morgan fingerprint density at radius 1 is 0.872 bits per heavy atom. The van der Waals surface area contributed by atoms with Crippen LogP contribution in [0, 0.1) is 0 Å². The Morgan fingerprint density at radius 2 is 1.49 bits per heavy atom. The fourth-order valence-corrected chi connectivity index (χ4v) is 5.41. The average molecular weight is 663 g/mol. The molecule has 15 heteroatoms. The van der Waals surface area contributed by atoms with Crippen LogP contribution in [-0.4, -0.2) is 135 Å². The molecule has 4 rings (SSSR count). The molecular formula is C32H50N6O9. The van der Waals surface area contributed by atoms with Crippen LogP contribution in [0.25, 0.3) is 11.0 Å². The van der Waals surface area contributed by atoms with E-state index >= 15 is 0 Å². The minimum atomic E-state index is -0.706. The predicted octanol–water partition coefficient (Wildman–Crippen LogP) is 1.35. The second-order valence-electron chi connectivity index (χ2n) is 12.6. The fourth-order valence-electron chi connectivity index (χ4n) is 5.41. The molecule has 2 fully saturated rings. The predicted molar refractivity (Wildman–Crippen MR) is 175 cm³/mol. The van der Waals surface area contributed by atoms with Crippen LogP contribution >= 0.6 is 0 Å². The van der Waals surface area contributed by atoms with Crippen molar-refractivity contribution in [2.24, 2.45) is 7.05 Å². The first kappa shape index (κ1) is 36.3. The maximum atomic E-state index is 12.9. The standard InChI is InChI=1S/C32H50N6O9/c1-32(2,3)47-31(42)37-12-10-36(11-13-37)14-16-44-18-20-46-22-21-45-19-17-43-15-9-33-24-5-6-25-27(23-24)35(4)30(41)38(25)26-7-8-28(39)34-29(26)40/h5-6,23,26,33H,7-22H2,1-4H3,(H,34,39,40). The average Bonchev–Trinajstić information content (AvgIpc) is 3.27. The third-order valence-electron chi connectivity index (χ3n) is 7.88. The number of nitrogens with one attached hydrogen (secondary N) is 2. The van der Waals surface area contributed by atoms with Crippen LogP contribution in [0.15, 0.2) is 23.0 Å². The highest BCUT2D eigenvalue weighted by Gasteiger charge is 2.31. The molecule has 15 nitrogen and oxygen atoms in total. The number of imidazole rings is 1. The monoisotopic (exact) mass is 662 g/mol. The van der Waals surface area contributed by atoms with Gasteiger partial charge in [-0.3, -0.25) is 28.9 Å². The van der Waals surface area contributed by atoms with Crippen LogP contribution in [0.2, 0.25) is 0 Å². The topological polar surface area (TPSA) is 155 Å². The van der Waals surface area contributed by atoms with E-state index in [1.54, 1.807) is 11.9 Å². The Hall–Kier alpha value is -3.50. The molecule has 47 heavy (non-hydrogen) atoms. The molecule has 3 amide bonds. The van der Waals surface area contributed by atoms with Gasteiger partial charge >= 0.3 is 11.8 Å². The van der Waals surface area contributed by atoms with Gasteiger partial charge in [0.1, 0.15) is 11.6 Å². The van der Waals surface area contributed by atoms with E-state index in [4.69, 9.17) is 23.7 Å². The number of piperidine rings is 1. The van der Waals surface area contributed by atoms with E-state index in [2.05, 4.69) is 15.5 Å². The molecule has 2 saturated heterocycles. The molecule has 1 atom stereocenters. The smallest absolute Gasteiger partial charge is 0.410 e. The zero-order chi connectivity index (χ0) is 33.8. The Labute approximate surface area is 275 Å². The van der Waals surface area contributed by atoms with Crippen LogP contribution in [-0.2, 0) is 40.3 Å². The van der Waals surface area contributed by atoms with Gasteiger partial charge in [0, 0.05) is 58.4 Å². The van der Waals surface area contributed by atoms with Crippen LogP contribution in [0.5, 0.6) is 0 Å². The number of carbonyl (C=O) groups is 3. The van der Waals surface area contributed by atoms with Crippen molar-refractivity contribution in [1.82, 2.24) is 24.3 Å². The largest absolute Gasteiger partial charge is 0.444 e. The number of nitrogens with zero attached hydrogens (tertiary/aromatic N) is 4. The second-order valence-corrected chi connectivity index (χ2v) is 12.6. The first-order chi connectivity index (χ1) is 22.5. The lowest BCUT2D eigenvalue weighted by molar-refractivity contribution is -0.135. The molecule has 0 spiro atoms. The van der Waals surface area contributed by atoms with Crippen LogP contribution in [0.3, 0.4) is 0 Å². The number of fused-ring (bicyclic) bond motifs is 1. The number of aromatic nitrogens is 2. The Balaban J connectivity index is 0.976. The maximum Gasteiger partial charge on any atom is 0.410 e. The highest BCUT2D eigenvalue weighted by atomic mass is 16.6. The van der Waals surface area contributed by atoms with Gasteiger partial charge < -0.3 is 33.9 Å².